The lowest BCUT2D eigenvalue weighted by atomic mass is 10.3. The molecule has 0 spiro atoms. The number of imidazole rings is 1. The molecule has 2 heterocycles. The van der Waals surface area contributed by atoms with E-state index in [4.69, 9.17) is 43.2 Å². The van der Waals surface area contributed by atoms with Crippen LogP contribution in [0.3, 0.4) is 0 Å². The SMILES string of the molecule is COc1ccc(Sc2nc(N)nc3c2ncn3CC(C)OCP(=O)(OCOC(=O)OC(C)C)OCOC(=O)OC(C)C)cc1. The number of anilines is 1. The molecule has 2 aromatic heterocycles. The van der Waals surface area contributed by atoms with Gasteiger partial charge in [0.05, 0.1) is 38.3 Å². The zero-order chi connectivity index (χ0) is 32.3. The topological polar surface area (TPSA) is 195 Å². The standard InChI is InChI=1S/C26H36N5O11PS/c1-16(2)41-25(32)36-13-39-43(34,40-14-37-26(33)42-17(3)4)15-38-18(5)11-31-12-28-21-22(31)29-24(27)30-23(21)44-20-9-7-19(35-6)8-10-20/h7-10,12,16-18H,11,13-15H2,1-6H3,(H2,27,29,30). The van der Waals surface area contributed by atoms with Gasteiger partial charge in [0.1, 0.15) is 22.6 Å². The van der Waals surface area contributed by atoms with Crippen LogP contribution in [-0.4, -0.2) is 77.2 Å². The Morgan fingerprint density at radius 1 is 0.955 bits per heavy atom. The van der Waals surface area contributed by atoms with Gasteiger partial charge < -0.3 is 38.7 Å². The third kappa shape index (κ3) is 11.1. The van der Waals surface area contributed by atoms with Crippen LogP contribution in [0.2, 0.25) is 0 Å². The monoisotopic (exact) mass is 657 g/mol. The first kappa shape index (κ1) is 34.9. The summed E-state index contributed by atoms with van der Waals surface area (Å²) < 4.78 is 55.6. The number of ether oxygens (including phenoxy) is 6. The molecule has 0 fully saturated rings. The number of nitrogens with two attached hydrogens (primary N) is 1. The summed E-state index contributed by atoms with van der Waals surface area (Å²) in [7, 11) is -2.53. The number of benzene rings is 1. The first-order valence-corrected chi connectivity index (χ1v) is 15.9. The Hall–Kier alpha value is -3.63. The second-order valence-electron chi connectivity index (χ2n) is 9.57. The Bertz CT molecular complexity index is 1410. The number of methoxy groups -OCH3 is 1. The Morgan fingerprint density at radius 3 is 2.09 bits per heavy atom. The van der Waals surface area contributed by atoms with Gasteiger partial charge in [0.15, 0.2) is 5.65 Å². The molecule has 16 nitrogen and oxygen atoms in total. The van der Waals surface area contributed by atoms with Gasteiger partial charge in [0.2, 0.25) is 19.5 Å². The van der Waals surface area contributed by atoms with E-state index in [0.717, 1.165) is 10.6 Å². The molecular formula is C26H36N5O11PS. The lowest BCUT2D eigenvalue weighted by Gasteiger charge is -2.21. The lowest BCUT2D eigenvalue weighted by molar-refractivity contribution is -0.0369. The van der Waals surface area contributed by atoms with Crippen molar-refractivity contribution in [3.8, 4) is 5.75 Å². The lowest BCUT2D eigenvalue weighted by Crippen LogP contribution is -2.20. The molecule has 1 atom stereocenters. The molecule has 0 saturated carbocycles. The predicted molar refractivity (Wildman–Crippen MR) is 157 cm³/mol. The average Bonchev–Trinajstić information content (AvgIpc) is 3.34. The van der Waals surface area contributed by atoms with Crippen LogP contribution in [0, 0.1) is 0 Å². The second-order valence-corrected chi connectivity index (χ2v) is 12.6. The quantitative estimate of drug-likeness (QED) is 0.0913. The maximum absolute atomic E-state index is 13.3. The minimum absolute atomic E-state index is 0.0575. The highest BCUT2D eigenvalue weighted by atomic mass is 32.2. The minimum atomic E-state index is -4.12. The summed E-state index contributed by atoms with van der Waals surface area (Å²) in [6.07, 6.45) is -2.54. The van der Waals surface area contributed by atoms with Gasteiger partial charge in [-0.05, 0) is 58.9 Å². The Labute approximate surface area is 258 Å². The van der Waals surface area contributed by atoms with E-state index in [2.05, 4.69) is 15.0 Å². The van der Waals surface area contributed by atoms with E-state index in [1.165, 1.54) is 11.8 Å². The molecule has 0 radical (unpaired) electrons. The largest absolute Gasteiger partial charge is 0.510 e. The summed E-state index contributed by atoms with van der Waals surface area (Å²) in [5.41, 5.74) is 6.99. The van der Waals surface area contributed by atoms with Gasteiger partial charge in [0.25, 0.3) is 0 Å². The van der Waals surface area contributed by atoms with Crippen LogP contribution >= 0.6 is 19.4 Å². The zero-order valence-electron chi connectivity index (χ0n) is 25.2. The minimum Gasteiger partial charge on any atom is -0.497 e. The van der Waals surface area contributed by atoms with Crippen LogP contribution in [-0.2, 0) is 43.8 Å². The van der Waals surface area contributed by atoms with E-state index >= 15 is 0 Å². The first-order valence-electron chi connectivity index (χ1n) is 13.3. The maximum atomic E-state index is 13.3. The van der Waals surface area contributed by atoms with E-state index in [1.807, 2.05) is 24.3 Å². The summed E-state index contributed by atoms with van der Waals surface area (Å²) in [5.74, 6) is 0.782. The molecule has 0 aliphatic heterocycles. The molecule has 0 saturated heterocycles. The molecule has 44 heavy (non-hydrogen) atoms. The van der Waals surface area contributed by atoms with E-state index in [9.17, 15) is 14.2 Å². The molecule has 3 aromatic rings. The second kappa shape index (κ2) is 16.4. The van der Waals surface area contributed by atoms with Crippen molar-refractivity contribution in [1.29, 1.82) is 0 Å². The molecule has 0 bridgehead atoms. The maximum Gasteiger partial charge on any atom is 0.510 e. The number of carbonyl (C=O) groups is 2. The van der Waals surface area contributed by atoms with Gasteiger partial charge in [-0.3, -0.25) is 13.6 Å². The van der Waals surface area contributed by atoms with Crippen molar-refractivity contribution in [2.75, 3.05) is 32.8 Å². The number of hydrogen-bond acceptors (Lipinski definition) is 16. The molecule has 2 N–H and O–H groups in total. The van der Waals surface area contributed by atoms with Crippen molar-refractivity contribution in [1.82, 2.24) is 19.5 Å². The van der Waals surface area contributed by atoms with Crippen molar-refractivity contribution in [3.05, 3.63) is 30.6 Å². The predicted octanol–water partition coefficient (Wildman–Crippen LogP) is 5.20. The van der Waals surface area contributed by atoms with Crippen LogP contribution < -0.4 is 10.5 Å². The number of fused-ring (bicyclic) bond motifs is 1. The number of carbonyl (C=O) groups excluding carboxylic acids is 2. The van der Waals surface area contributed by atoms with Crippen LogP contribution in [0.25, 0.3) is 11.2 Å². The third-order valence-corrected chi connectivity index (χ3v) is 7.66. The number of aromatic nitrogens is 4. The third-order valence-electron chi connectivity index (χ3n) is 5.21. The van der Waals surface area contributed by atoms with E-state index < -0.39 is 58.2 Å². The zero-order valence-corrected chi connectivity index (χ0v) is 26.9. The van der Waals surface area contributed by atoms with E-state index in [-0.39, 0.29) is 12.5 Å². The highest BCUT2D eigenvalue weighted by Crippen LogP contribution is 2.48. The summed E-state index contributed by atoms with van der Waals surface area (Å²) in [6, 6.07) is 7.44. The number of hydrogen-bond donors (Lipinski definition) is 1. The fourth-order valence-electron chi connectivity index (χ4n) is 3.32. The van der Waals surface area contributed by atoms with Gasteiger partial charge in [-0.2, -0.15) is 4.98 Å². The van der Waals surface area contributed by atoms with Crippen LogP contribution in [0.1, 0.15) is 34.6 Å². The average molecular weight is 658 g/mol. The fraction of sp³-hybridized carbons (Fsp3) is 0.500. The molecule has 1 aromatic carbocycles. The smallest absolute Gasteiger partial charge is 0.497 e. The van der Waals surface area contributed by atoms with Crippen molar-refractivity contribution in [2.45, 2.75) is 69.4 Å². The van der Waals surface area contributed by atoms with Crippen molar-refractivity contribution in [2.24, 2.45) is 0 Å². The summed E-state index contributed by atoms with van der Waals surface area (Å²) in [5, 5.41) is 0.559. The molecule has 0 aliphatic rings. The van der Waals surface area contributed by atoms with Crippen molar-refractivity contribution >= 4 is 48.8 Å². The fourth-order valence-corrected chi connectivity index (χ4v) is 5.28. The van der Waals surface area contributed by atoms with Crippen LogP contribution in [0.15, 0.2) is 40.5 Å². The van der Waals surface area contributed by atoms with Crippen molar-refractivity contribution in [3.63, 3.8) is 0 Å². The van der Waals surface area contributed by atoms with E-state index in [1.54, 1.807) is 52.6 Å². The highest BCUT2D eigenvalue weighted by molar-refractivity contribution is 7.99. The Balaban J connectivity index is 1.65. The molecule has 242 valence electrons. The van der Waals surface area contributed by atoms with Gasteiger partial charge in [0, 0.05) is 4.90 Å². The molecule has 0 amide bonds. The normalized spacial score (nSPS) is 12.4. The molecule has 3 rings (SSSR count). The number of nitrogens with zero attached hydrogens (tertiary/aromatic N) is 4. The van der Waals surface area contributed by atoms with E-state index in [0.29, 0.717) is 16.2 Å². The summed E-state index contributed by atoms with van der Waals surface area (Å²) in [6.45, 7) is 6.90. The number of nitrogen functional groups attached to an aromatic ring is 1. The van der Waals surface area contributed by atoms with Crippen LogP contribution in [0.5, 0.6) is 5.75 Å². The molecular weight excluding hydrogens is 621 g/mol. The molecule has 18 heteroatoms. The Morgan fingerprint density at radius 2 is 1.55 bits per heavy atom. The highest BCUT2D eigenvalue weighted by Gasteiger charge is 2.29. The van der Waals surface area contributed by atoms with Gasteiger partial charge in [-0.15, -0.1) is 0 Å². The van der Waals surface area contributed by atoms with Gasteiger partial charge >= 0.3 is 19.9 Å². The molecule has 1 unspecified atom stereocenters. The Kier molecular flexibility index (Phi) is 13.0. The summed E-state index contributed by atoms with van der Waals surface area (Å²) >= 11 is 1.37. The van der Waals surface area contributed by atoms with Crippen LogP contribution in [0.4, 0.5) is 15.5 Å². The summed E-state index contributed by atoms with van der Waals surface area (Å²) in [4.78, 5) is 37.4. The van der Waals surface area contributed by atoms with Gasteiger partial charge in [-0.1, -0.05) is 11.8 Å². The number of rotatable bonds is 16. The van der Waals surface area contributed by atoms with Crippen molar-refractivity contribution < 1.29 is 51.6 Å². The first-order chi connectivity index (χ1) is 20.9. The molecule has 0 aliphatic carbocycles. The van der Waals surface area contributed by atoms with Gasteiger partial charge in [-0.25, -0.2) is 19.6 Å².